The molecule has 81 heavy (non-hydrogen) atoms. The fourth-order valence-electron chi connectivity index (χ4n) is 10.5. The first-order chi connectivity index (χ1) is 40.0. The Kier molecular flexibility index (Phi) is 66.6. The van der Waals surface area contributed by atoms with Crippen LogP contribution in [0, 0.1) is 0 Å². The smallest absolute Gasteiger partial charge is 0.306 e. The van der Waals surface area contributed by atoms with Gasteiger partial charge in [0.15, 0.2) is 6.10 Å². The molecular formula is C75H134O6. The van der Waals surface area contributed by atoms with Crippen molar-refractivity contribution in [1.82, 2.24) is 0 Å². The van der Waals surface area contributed by atoms with E-state index < -0.39 is 6.10 Å². The number of carbonyl (C=O) groups is 3. The lowest BCUT2D eigenvalue weighted by Crippen LogP contribution is -2.30. The Morgan fingerprint density at radius 2 is 0.481 bits per heavy atom. The summed E-state index contributed by atoms with van der Waals surface area (Å²) in [6.07, 6.45) is 90.6. The van der Waals surface area contributed by atoms with E-state index in [1.165, 1.54) is 225 Å². The molecular weight excluding hydrogens is 997 g/mol. The predicted molar refractivity (Wildman–Crippen MR) is 353 cm³/mol. The molecule has 6 nitrogen and oxygen atoms in total. The molecule has 0 aliphatic rings. The van der Waals surface area contributed by atoms with E-state index in [4.69, 9.17) is 14.2 Å². The largest absolute Gasteiger partial charge is 0.462 e. The SMILES string of the molecule is CC/C=C\C/C=C\C/C=C\C/C=C\C/C=C\C/C=C\CCCCCCCCCCC(=O)OCC(COC(=O)CCCCCCCCCCCCCCCCCC)OC(=O)CCCCCCCCCCCCCCCCCCCCCC. The highest BCUT2D eigenvalue weighted by Gasteiger charge is 2.19. The predicted octanol–water partition coefficient (Wildman–Crippen LogP) is 24.4. The van der Waals surface area contributed by atoms with Gasteiger partial charge >= 0.3 is 17.9 Å². The van der Waals surface area contributed by atoms with E-state index in [9.17, 15) is 14.4 Å². The standard InChI is InChI=1S/C75H134O6/c1-4-7-10-13-16-19-22-25-28-31-33-35-36-37-38-39-40-41-43-44-47-50-53-56-59-62-65-68-74(77)80-71-72(70-79-73(76)67-64-61-58-55-52-49-46-30-27-24-21-18-15-12-9-6-3)81-75(78)69-66-63-60-57-54-51-48-45-42-34-32-29-26-23-20-17-14-11-8-5-2/h7,10,16,19,25,28,33,35,37-38,40-41,72H,4-6,8-9,11-15,17-18,20-24,26-27,29-32,34,36,39,42-71H2,1-3H3/b10-7-,19-16-,28-25-,35-33-,38-37-,41-40-. The van der Waals surface area contributed by atoms with Gasteiger partial charge in [0.25, 0.3) is 0 Å². The van der Waals surface area contributed by atoms with Gasteiger partial charge in [-0.3, -0.25) is 14.4 Å². The first-order valence-corrected chi connectivity index (χ1v) is 35.4. The van der Waals surface area contributed by atoms with Crippen LogP contribution < -0.4 is 0 Å². The third-order valence-corrected chi connectivity index (χ3v) is 15.7. The van der Waals surface area contributed by atoms with Crippen LogP contribution in [-0.2, 0) is 28.6 Å². The van der Waals surface area contributed by atoms with E-state index >= 15 is 0 Å². The summed E-state index contributed by atoms with van der Waals surface area (Å²) >= 11 is 0. The Morgan fingerprint density at radius 3 is 0.753 bits per heavy atom. The summed E-state index contributed by atoms with van der Waals surface area (Å²) in [7, 11) is 0. The van der Waals surface area contributed by atoms with Crippen LogP contribution in [0.1, 0.15) is 367 Å². The quantitative estimate of drug-likeness (QED) is 0.0261. The average Bonchev–Trinajstić information content (AvgIpc) is 3.47. The van der Waals surface area contributed by atoms with Gasteiger partial charge in [0.2, 0.25) is 0 Å². The molecule has 0 saturated carbocycles. The van der Waals surface area contributed by atoms with Gasteiger partial charge < -0.3 is 14.2 Å². The third kappa shape index (κ3) is 67.5. The van der Waals surface area contributed by atoms with Gasteiger partial charge in [-0.1, -0.05) is 351 Å². The third-order valence-electron chi connectivity index (χ3n) is 15.7. The van der Waals surface area contributed by atoms with Crippen LogP contribution in [0.15, 0.2) is 72.9 Å². The maximum atomic E-state index is 13.0. The van der Waals surface area contributed by atoms with Crippen LogP contribution in [0.3, 0.4) is 0 Å². The van der Waals surface area contributed by atoms with E-state index in [1.54, 1.807) is 0 Å². The van der Waals surface area contributed by atoms with Crippen LogP contribution in [0.4, 0.5) is 0 Å². The Hall–Kier alpha value is -3.15. The summed E-state index contributed by atoms with van der Waals surface area (Å²) in [4.78, 5) is 38.5. The van der Waals surface area contributed by atoms with E-state index in [1.807, 2.05) is 0 Å². The summed E-state index contributed by atoms with van der Waals surface area (Å²) in [5.74, 6) is -0.855. The fourth-order valence-corrected chi connectivity index (χ4v) is 10.5. The number of hydrogen-bond donors (Lipinski definition) is 0. The molecule has 0 amide bonds. The maximum absolute atomic E-state index is 13.0. The van der Waals surface area contributed by atoms with E-state index in [-0.39, 0.29) is 31.1 Å². The van der Waals surface area contributed by atoms with Crippen LogP contribution in [-0.4, -0.2) is 37.2 Å². The molecule has 470 valence electrons. The molecule has 0 aliphatic heterocycles. The molecule has 0 fully saturated rings. The van der Waals surface area contributed by atoms with Crippen LogP contribution >= 0.6 is 0 Å². The highest BCUT2D eigenvalue weighted by atomic mass is 16.6. The Bertz CT molecular complexity index is 1490. The number of rotatable bonds is 65. The summed E-state index contributed by atoms with van der Waals surface area (Å²) in [5.41, 5.74) is 0. The molecule has 6 heteroatoms. The number of allylic oxidation sites excluding steroid dienone is 12. The van der Waals surface area contributed by atoms with Gasteiger partial charge in [0.1, 0.15) is 13.2 Å². The second kappa shape index (κ2) is 69.3. The van der Waals surface area contributed by atoms with E-state index in [0.29, 0.717) is 19.3 Å². The van der Waals surface area contributed by atoms with Crippen LogP contribution in [0.2, 0.25) is 0 Å². The molecule has 0 rings (SSSR count). The number of unbranched alkanes of at least 4 members (excludes halogenated alkanes) is 42. The second-order valence-corrected chi connectivity index (χ2v) is 23.8. The number of carbonyl (C=O) groups excluding carboxylic acids is 3. The highest BCUT2D eigenvalue weighted by molar-refractivity contribution is 5.71. The molecule has 0 saturated heterocycles. The highest BCUT2D eigenvalue weighted by Crippen LogP contribution is 2.18. The van der Waals surface area contributed by atoms with Crippen molar-refractivity contribution in [2.24, 2.45) is 0 Å². The molecule has 0 aromatic rings. The first-order valence-electron chi connectivity index (χ1n) is 35.4. The minimum absolute atomic E-state index is 0.0721. The lowest BCUT2D eigenvalue weighted by atomic mass is 10.0. The summed E-state index contributed by atoms with van der Waals surface area (Å²) in [6, 6.07) is 0. The van der Waals surface area contributed by atoms with Crippen molar-refractivity contribution in [2.45, 2.75) is 374 Å². The first kappa shape index (κ1) is 77.9. The monoisotopic (exact) mass is 1130 g/mol. The van der Waals surface area contributed by atoms with Gasteiger partial charge in [0, 0.05) is 19.3 Å². The van der Waals surface area contributed by atoms with Crippen molar-refractivity contribution in [3.05, 3.63) is 72.9 Å². The second-order valence-electron chi connectivity index (χ2n) is 23.8. The summed E-state index contributed by atoms with van der Waals surface area (Å²) < 4.78 is 17.0. The molecule has 0 N–H and O–H groups in total. The maximum Gasteiger partial charge on any atom is 0.306 e. The Labute approximate surface area is 503 Å². The number of ether oxygens (including phenoxy) is 3. The molecule has 0 radical (unpaired) electrons. The van der Waals surface area contributed by atoms with Crippen molar-refractivity contribution in [3.63, 3.8) is 0 Å². The van der Waals surface area contributed by atoms with Crippen molar-refractivity contribution in [3.8, 4) is 0 Å². The Morgan fingerprint density at radius 1 is 0.259 bits per heavy atom. The zero-order chi connectivity index (χ0) is 58.5. The van der Waals surface area contributed by atoms with Gasteiger partial charge in [-0.25, -0.2) is 0 Å². The van der Waals surface area contributed by atoms with Gasteiger partial charge in [0.05, 0.1) is 0 Å². The van der Waals surface area contributed by atoms with Gasteiger partial charge in [-0.05, 0) is 70.6 Å². The van der Waals surface area contributed by atoms with Crippen molar-refractivity contribution in [2.75, 3.05) is 13.2 Å². The Balaban J connectivity index is 4.32. The topological polar surface area (TPSA) is 78.9 Å². The average molecular weight is 1130 g/mol. The van der Waals surface area contributed by atoms with Crippen LogP contribution in [0.5, 0.6) is 0 Å². The molecule has 0 aromatic carbocycles. The van der Waals surface area contributed by atoms with E-state index in [0.717, 1.165) is 103 Å². The summed E-state index contributed by atoms with van der Waals surface area (Å²) in [6.45, 7) is 6.59. The molecule has 0 heterocycles. The van der Waals surface area contributed by atoms with Gasteiger partial charge in [-0.2, -0.15) is 0 Å². The molecule has 1 unspecified atom stereocenters. The summed E-state index contributed by atoms with van der Waals surface area (Å²) in [5, 5.41) is 0. The van der Waals surface area contributed by atoms with Crippen molar-refractivity contribution >= 4 is 17.9 Å². The molecule has 1 atom stereocenters. The minimum atomic E-state index is -0.777. The van der Waals surface area contributed by atoms with E-state index in [2.05, 4.69) is 93.7 Å². The zero-order valence-corrected chi connectivity index (χ0v) is 54.1. The normalized spacial score (nSPS) is 12.5. The molecule has 0 aromatic heterocycles. The van der Waals surface area contributed by atoms with Crippen molar-refractivity contribution < 1.29 is 28.6 Å². The van der Waals surface area contributed by atoms with Crippen LogP contribution in [0.25, 0.3) is 0 Å². The number of hydrogen-bond acceptors (Lipinski definition) is 6. The molecule has 0 spiro atoms. The molecule has 0 aliphatic carbocycles. The lowest BCUT2D eigenvalue weighted by Gasteiger charge is -2.18. The van der Waals surface area contributed by atoms with Gasteiger partial charge in [-0.15, -0.1) is 0 Å². The minimum Gasteiger partial charge on any atom is -0.462 e. The fraction of sp³-hybridized carbons (Fsp3) is 0.800. The zero-order valence-electron chi connectivity index (χ0n) is 54.1. The van der Waals surface area contributed by atoms with Crippen molar-refractivity contribution in [1.29, 1.82) is 0 Å². The lowest BCUT2D eigenvalue weighted by molar-refractivity contribution is -0.167. The molecule has 0 bridgehead atoms. The number of esters is 3.